The molecular formula is C12H13FN2S. The van der Waals surface area contributed by atoms with Crippen LogP contribution in [0.2, 0.25) is 0 Å². The van der Waals surface area contributed by atoms with Crippen LogP contribution in [0.4, 0.5) is 4.39 Å². The molecule has 4 heteroatoms. The van der Waals surface area contributed by atoms with Crippen molar-refractivity contribution in [2.75, 3.05) is 6.54 Å². The van der Waals surface area contributed by atoms with Crippen LogP contribution in [0, 0.1) is 5.82 Å². The number of rotatable bonds is 4. The highest BCUT2D eigenvalue weighted by Gasteiger charge is 2.11. The van der Waals surface area contributed by atoms with E-state index in [4.69, 9.17) is 5.73 Å². The third-order valence-electron chi connectivity index (χ3n) is 2.56. The van der Waals surface area contributed by atoms with E-state index in [2.05, 4.69) is 4.98 Å². The van der Waals surface area contributed by atoms with E-state index in [0.717, 1.165) is 12.0 Å². The molecule has 1 unspecified atom stereocenters. The fraction of sp³-hybridized carbons (Fsp3) is 0.250. The summed E-state index contributed by atoms with van der Waals surface area (Å²) in [5.74, 6) is 0.0263. The zero-order valence-electron chi connectivity index (χ0n) is 8.77. The van der Waals surface area contributed by atoms with Crippen molar-refractivity contribution >= 4 is 11.3 Å². The largest absolute Gasteiger partial charge is 0.330 e. The van der Waals surface area contributed by atoms with E-state index in [0.29, 0.717) is 6.54 Å². The molecule has 2 nitrogen and oxygen atoms in total. The van der Waals surface area contributed by atoms with Crippen LogP contribution in [0.5, 0.6) is 0 Å². The average molecular weight is 236 g/mol. The number of nitrogens with two attached hydrogens (primary N) is 1. The van der Waals surface area contributed by atoms with Gasteiger partial charge in [0.1, 0.15) is 5.82 Å². The van der Waals surface area contributed by atoms with Gasteiger partial charge in [-0.15, -0.1) is 11.3 Å². The topological polar surface area (TPSA) is 38.9 Å². The molecule has 84 valence electrons. The molecule has 0 amide bonds. The predicted octanol–water partition coefficient (Wildman–Crippen LogP) is 2.57. The molecule has 1 heterocycles. The molecule has 0 bridgehead atoms. The lowest BCUT2D eigenvalue weighted by Crippen LogP contribution is -2.14. The van der Waals surface area contributed by atoms with Crippen LogP contribution in [-0.2, 0) is 6.42 Å². The minimum absolute atomic E-state index is 0.211. The number of aromatic nitrogens is 1. The van der Waals surface area contributed by atoms with Crippen LogP contribution < -0.4 is 5.73 Å². The molecule has 1 atom stereocenters. The molecule has 0 aliphatic carbocycles. The minimum atomic E-state index is -0.211. The van der Waals surface area contributed by atoms with Gasteiger partial charge in [-0.2, -0.15) is 0 Å². The van der Waals surface area contributed by atoms with Crippen LogP contribution in [0.25, 0.3) is 0 Å². The molecule has 0 saturated heterocycles. The zero-order valence-corrected chi connectivity index (χ0v) is 9.58. The van der Waals surface area contributed by atoms with Crippen molar-refractivity contribution in [3.8, 4) is 0 Å². The highest BCUT2D eigenvalue weighted by molar-refractivity contribution is 7.09. The Labute approximate surface area is 97.9 Å². The van der Waals surface area contributed by atoms with E-state index in [-0.39, 0.29) is 11.7 Å². The molecule has 0 aliphatic heterocycles. The Morgan fingerprint density at radius 2 is 2.06 bits per heavy atom. The maximum absolute atomic E-state index is 12.8. The lowest BCUT2D eigenvalue weighted by atomic mass is 9.95. The Morgan fingerprint density at radius 1 is 1.31 bits per heavy atom. The van der Waals surface area contributed by atoms with Crippen LogP contribution >= 0.6 is 11.3 Å². The second-order valence-corrected chi connectivity index (χ2v) is 4.63. The maximum atomic E-state index is 12.8. The second-order valence-electron chi connectivity index (χ2n) is 3.66. The fourth-order valence-corrected chi connectivity index (χ4v) is 2.33. The third kappa shape index (κ3) is 2.65. The van der Waals surface area contributed by atoms with Gasteiger partial charge in [-0.1, -0.05) is 12.1 Å². The minimum Gasteiger partial charge on any atom is -0.330 e. The van der Waals surface area contributed by atoms with Crippen molar-refractivity contribution in [2.24, 2.45) is 5.73 Å². The first kappa shape index (κ1) is 11.2. The van der Waals surface area contributed by atoms with E-state index in [1.165, 1.54) is 17.0 Å². The lowest BCUT2D eigenvalue weighted by Gasteiger charge is -2.13. The van der Waals surface area contributed by atoms with Gasteiger partial charge >= 0.3 is 0 Å². The highest BCUT2D eigenvalue weighted by Crippen LogP contribution is 2.21. The molecule has 0 fully saturated rings. The molecule has 0 radical (unpaired) electrons. The van der Waals surface area contributed by atoms with Crippen LogP contribution in [0.1, 0.15) is 16.4 Å². The van der Waals surface area contributed by atoms with Gasteiger partial charge in [0, 0.05) is 17.0 Å². The molecule has 0 aliphatic rings. The molecule has 2 N–H and O–H groups in total. The number of thiazole rings is 1. The Morgan fingerprint density at radius 3 is 2.62 bits per heavy atom. The first-order chi connectivity index (χ1) is 7.79. The molecule has 0 saturated carbocycles. The summed E-state index contributed by atoms with van der Waals surface area (Å²) in [6, 6.07) is 6.55. The summed E-state index contributed by atoms with van der Waals surface area (Å²) >= 11 is 1.62. The van der Waals surface area contributed by atoms with Crippen molar-refractivity contribution in [1.29, 1.82) is 0 Å². The summed E-state index contributed by atoms with van der Waals surface area (Å²) in [5, 5.41) is 0. The summed E-state index contributed by atoms with van der Waals surface area (Å²) in [6.07, 6.45) is 2.73. The van der Waals surface area contributed by atoms with Gasteiger partial charge in [0.05, 0.1) is 5.51 Å². The van der Waals surface area contributed by atoms with Crippen molar-refractivity contribution in [1.82, 2.24) is 4.98 Å². The molecule has 2 aromatic rings. The average Bonchev–Trinajstić information content (AvgIpc) is 2.80. The first-order valence-corrected chi connectivity index (χ1v) is 6.00. The normalized spacial score (nSPS) is 12.6. The Bertz CT molecular complexity index is 425. The summed E-state index contributed by atoms with van der Waals surface area (Å²) in [4.78, 5) is 5.24. The van der Waals surface area contributed by atoms with Gasteiger partial charge in [0.15, 0.2) is 0 Å². The molecule has 1 aromatic carbocycles. The Balaban J connectivity index is 2.13. The lowest BCUT2D eigenvalue weighted by molar-refractivity contribution is 0.623. The Hall–Kier alpha value is -1.26. The number of nitrogens with zero attached hydrogens (tertiary/aromatic N) is 1. The van der Waals surface area contributed by atoms with Gasteiger partial charge in [-0.3, -0.25) is 4.98 Å². The van der Waals surface area contributed by atoms with Crippen molar-refractivity contribution in [3.05, 3.63) is 52.2 Å². The van der Waals surface area contributed by atoms with Crippen LogP contribution in [-0.4, -0.2) is 11.5 Å². The fourth-order valence-electron chi connectivity index (χ4n) is 1.66. The number of hydrogen-bond acceptors (Lipinski definition) is 3. The summed E-state index contributed by atoms with van der Waals surface area (Å²) in [7, 11) is 0. The standard InChI is InChI=1S/C12H13FN2S/c13-11-3-1-9(2-4-11)10(6-14)5-12-7-15-8-16-12/h1-4,7-8,10H,5-6,14H2. The quantitative estimate of drug-likeness (QED) is 0.886. The van der Waals surface area contributed by atoms with Crippen molar-refractivity contribution in [3.63, 3.8) is 0 Å². The van der Waals surface area contributed by atoms with Gasteiger partial charge in [-0.25, -0.2) is 4.39 Å². The SMILES string of the molecule is NCC(Cc1cncs1)c1ccc(F)cc1. The van der Waals surface area contributed by atoms with Gasteiger partial charge in [0.25, 0.3) is 0 Å². The molecule has 1 aromatic heterocycles. The van der Waals surface area contributed by atoms with Crippen molar-refractivity contribution in [2.45, 2.75) is 12.3 Å². The van der Waals surface area contributed by atoms with E-state index in [1.807, 2.05) is 11.7 Å². The van der Waals surface area contributed by atoms with E-state index < -0.39 is 0 Å². The van der Waals surface area contributed by atoms with Gasteiger partial charge in [-0.05, 0) is 30.7 Å². The summed E-state index contributed by atoms with van der Waals surface area (Å²) in [6.45, 7) is 0.559. The molecular weight excluding hydrogens is 223 g/mol. The first-order valence-electron chi connectivity index (χ1n) is 5.12. The summed E-state index contributed by atoms with van der Waals surface area (Å²) in [5.41, 5.74) is 8.64. The number of benzene rings is 1. The summed E-state index contributed by atoms with van der Waals surface area (Å²) < 4.78 is 12.8. The smallest absolute Gasteiger partial charge is 0.123 e. The van der Waals surface area contributed by atoms with Gasteiger partial charge in [0.2, 0.25) is 0 Å². The zero-order chi connectivity index (χ0) is 11.4. The van der Waals surface area contributed by atoms with Crippen LogP contribution in [0.3, 0.4) is 0 Å². The van der Waals surface area contributed by atoms with Gasteiger partial charge < -0.3 is 5.73 Å². The van der Waals surface area contributed by atoms with E-state index >= 15 is 0 Å². The maximum Gasteiger partial charge on any atom is 0.123 e. The predicted molar refractivity (Wildman–Crippen MR) is 64.0 cm³/mol. The van der Waals surface area contributed by atoms with Crippen molar-refractivity contribution < 1.29 is 4.39 Å². The number of halogens is 1. The van der Waals surface area contributed by atoms with Crippen LogP contribution in [0.15, 0.2) is 36.0 Å². The highest BCUT2D eigenvalue weighted by atomic mass is 32.1. The monoisotopic (exact) mass is 236 g/mol. The third-order valence-corrected chi connectivity index (χ3v) is 3.36. The Kier molecular flexibility index (Phi) is 3.64. The number of hydrogen-bond donors (Lipinski definition) is 1. The second kappa shape index (κ2) is 5.18. The molecule has 16 heavy (non-hydrogen) atoms. The molecule has 0 spiro atoms. The van der Waals surface area contributed by atoms with E-state index in [1.54, 1.807) is 23.5 Å². The van der Waals surface area contributed by atoms with E-state index in [9.17, 15) is 4.39 Å². The molecule has 2 rings (SSSR count).